The first-order valence-corrected chi connectivity index (χ1v) is 7.79. The van der Waals surface area contributed by atoms with E-state index < -0.39 is 16.8 Å². The van der Waals surface area contributed by atoms with Crippen LogP contribution in [-0.2, 0) is 14.3 Å². The number of carbonyl (C=O) groups excluding carboxylic acids is 2. The van der Waals surface area contributed by atoms with Crippen LogP contribution in [0.1, 0.15) is 45.1 Å². The Morgan fingerprint density at radius 3 is 2.83 bits per heavy atom. The van der Waals surface area contributed by atoms with Crippen molar-refractivity contribution in [3.05, 3.63) is 51.2 Å². The standard InChI is InChI=1S/C17H20N2O5/c1-4-10(2)24-17(21)16-11(3)18-15(20)9-14(16)12-6-5-7-13(8-12)19(22)23/h5-8,10,14H,4,9H2,1-3H3,(H,18,20)/t10-,14+/m1/s1. The summed E-state index contributed by atoms with van der Waals surface area (Å²) in [5, 5.41) is 13.6. The van der Waals surface area contributed by atoms with Gasteiger partial charge in [0.1, 0.15) is 0 Å². The van der Waals surface area contributed by atoms with Gasteiger partial charge in [0.05, 0.1) is 16.6 Å². The third-order valence-electron chi connectivity index (χ3n) is 4.06. The fraction of sp³-hybridized carbons (Fsp3) is 0.412. The minimum Gasteiger partial charge on any atom is -0.459 e. The topological polar surface area (TPSA) is 98.5 Å². The van der Waals surface area contributed by atoms with E-state index in [1.54, 1.807) is 26.0 Å². The zero-order valence-corrected chi connectivity index (χ0v) is 13.9. The molecule has 0 saturated carbocycles. The molecule has 128 valence electrons. The van der Waals surface area contributed by atoms with Crippen LogP contribution in [0, 0.1) is 10.1 Å². The van der Waals surface area contributed by atoms with E-state index in [9.17, 15) is 19.7 Å². The molecule has 0 aromatic heterocycles. The molecule has 0 spiro atoms. The van der Waals surface area contributed by atoms with Crippen molar-refractivity contribution in [2.45, 2.75) is 45.6 Å². The molecule has 1 aliphatic heterocycles. The van der Waals surface area contributed by atoms with Crippen LogP contribution in [0.4, 0.5) is 5.69 Å². The van der Waals surface area contributed by atoms with Crippen molar-refractivity contribution < 1.29 is 19.2 Å². The van der Waals surface area contributed by atoms with Crippen molar-refractivity contribution in [1.82, 2.24) is 5.32 Å². The Kier molecular flexibility index (Phi) is 5.33. The average molecular weight is 332 g/mol. The smallest absolute Gasteiger partial charge is 0.336 e. The van der Waals surface area contributed by atoms with Gasteiger partial charge in [0.2, 0.25) is 5.91 Å². The van der Waals surface area contributed by atoms with Gasteiger partial charge in [-0.2, -0.15) is 0 Å². The van der Waals surface area contributed by atoms with Crippen LogP contribution < -0.4 is 5.32 Å². The first kappa shape index (κ1) is 17.7. The molecule has 7 nitrogen and oxygen atoms in total. The lowest BCUT2D eigenvalue weighted by Gasteiger charge is -2.27. The van der Waals surface area contributed by atoms with Crippen molar-refractivity contribution in [3.8, 4) is 0 Å². The Bertz CT molecular complexity index is 711. The van der Waals surface area contributed by atoms with Gasteiger partial charge >= 0.3 is 5.97 Å². The quantitative estimate of drug-likeness (QED) is 0.508. The highest BCUT2D eigenvalue weighted by Gasteiger charge is 2.33. The number of non-ortho nitro benzene ring substituents is 1. The Morgan fingerprint density at radius 2 is 2.21 bits per heavy atom. The molecular formula is C17H20N2O5. The SMILES string of the molecule is CC[C@@H](C)OC(=O)C1=C(C)NC(=O)C[C@H]1c1cccc([N+](=O)[O-])c1. The summed E-state index contributed by atoms with van der Waals surface area (Å²) in [7, 11) is 0. The molecule has 0 saturated heterocycles. The number of nitro groups is 1. The van der Waals surface area contributed by atoms with Crippen LogP contribution in [0.25, 0.3) is 0 Å². The summed E-state index contributed by atoms with van der Waals surface area (Å²) >= 11 is 0. The highest BCUT2D eigenvalue weighted by atomic mass is 16.6. The molecule has 1 aliphatic rings. The number of ether oxygens (including phenoxy) is 1. The lowest BCUT2D eigenvalue weighted by molar-refractivity contribution is -0.384. The first-order valence-electron chi connectivity index (χ1n) is 7.79. The van der Waals surface area contributed by atoms with Crippen molar-refractivity contribution in [3.63, 3.8) is 0 Å². The minimum atomic E-state index is -0.560. The van der Waals surface area contributed by atoms with Gasteiger partial charge in [-0.3, -0.25) is 14.9 Å². The van der Waals surface area contributed by atoms with E-state index in [0.29, 0.717) is 23.3 Å². The summed E-state index contributed by atoms with van der Waals surface area (Å²) in [6.45, 7) is 5.33. The maximum absolute atomic E-state index is 12.5. The van der Waals surface area contributed by atoms with Crippen molar-refractivity contribution in [2.75, 3.05) is 0 Å². The molecule has 0 bridgehead atoms. The second kappa shape index (κ2) is 7.25. The number of rotatable bonds is 5. The molecule has 1 amide bonds. The molecule has 1 heterocycles. The fourth-order valence-corrected chi connectivity index (χ4v) is 2.64. The number of esters is 1. The van der Waals surface area contributed by atoms with Crippen LogP contribution in [0.2, 0.25) is 0 Å². The maximum Gasteiger partial charge on any atom is 0.336 e. The van der Waals surface area contributed by atoms with Gasteiger partial charge in [0.25, 0.3) is 5.69 Å². The van der Waals surface area contributed by atoms with Crippen LogP contribution >= 0.6 is 0 Å². The molecule has 0 aliphatic carbocycles. The minimum absolute atomic E-state index is 0.0451. The van der Waals surface area contributed by atoms with E-state index >= 15 is 0 Å². The zero-order chi connectivity index (χ0) is 17.9. The molecule has 0 fully saturated rings. The molecule has 1 N–H and O–H groups in total. The maximum atomic E-state index is 12.5. The predicted molar refractivity (Wildman–Crippen MR) is 87.1 cm³/mol. The number of benzene rings is 1. The van der Waals surface area contributed by atoms with Crippen molar-refractivity contribution in [1.29, 1.82) is 0 Å². The Labute approximate surface area is 139 Å². The van der Waals surface area contributed by atoms with Crippen molar-refractivity contribution >= 4 is 17.6 Å². The normalized spacial score (nSPS) is 18.8. The van der Waals surface area contributed by atoms with E-state index in [2.05, 4.69) is 5.32 Å². The van der Waals surface area contributed by atoms with Crippen LogP contribution in [-0.4, -0.2) is 22.9 Å². The van der Waals surface area contributed by atoms with E-state index in [1.165, 1.54) is 12.1 Å². The second-order valence-electron chi connectivity index (χ2n) is 5.82. The predicted octanol–water partition coefficient (Wildman–Crippen LogP) is 2.81. The largest absolute Gasteiger partial charge is 0.459 e. The Hall–Kier alpha value is -2.70. The second-order valence-corrected chi connectivity index (χ2v) is 5.82. The van der Waals surface area contributed by atoms with Gasteiger partial charge in [-0.05, 0) is 25.8 Å². The number of hydrogen-bond donors (Lipinski definition) is 1. The monoisotopic (exact) mass is 332 g/mol. The number of nitro benzene ring substituents is 1. The van der Waals surface area contributed by atoms with Gasteiger partial charge in [-0.15, -0.1) is 0 Å². The zero-order valence-electron chi connectivity index (χ0n) is 13.9. The third-order valence-corrected chi connectivity index (χ3v) is 4.06. The lowest BCUT2D eigenvalue weighted by atomic mass is 9.84. The van der Waals surface area contributed by atoms with Crippen LogP contribution in [0.5, 0.6) is 0 Å². The van der Waals surface area contributed by atoms with E-state index in [-0.39, 0.29) is 24.1 Å². The number of nitrogens with zero attached hydrogens (tertiary/aromatic N) is 1. The molecule has 7 heteroatoms. The number of carbonyl (C=O) groups is 2. The molecule has 2 atom stereocenters. The molecule has 1 aromatic rings. The van der Waals surface area contributed by atoms with E-state index in [1.807, 2.05) is 6.92 Å². The van der Waals surface area contributed by atoms with E-state index in [0.717, 1.165) is 0 Å². The first-order chi connectivity index (χ1) is 11.3. The number of allylic oxidation sites excluding steroid dienone is 1. The molecule has 0 radical (unpaired) electrons. The summed E-state index contributed by atoms with van der Waals surface area (Å²) < 4.78 is 5.39. The summed E-state index contributed by atoms with van der Waals surface area (Å²) in [6.07, 6.45) is 0.469. The molecular weight excluding hydrogens is 312 g/mol. The average Bonchev–Trinajstić information content (AvgIpc) is 2.53. The molecule has 24 heavy (non-hydrogen) atoms. The number of hydrogen-bond acceptors (Lipinski definition) is 5. The van der Waals surface area contributed by atoms with Gasteiger partial charge in [-0.1, -0.05) is 19.1 Å². The lowest BCUT2D eigenvalue weighted by Crippen LogP contribution is -2.34. The van der Waals surface area contributed by atoms with Gasteiger partial charge in [0, 0.05) is 30.2 Å². The highest BCUT2D eigenvalue weighted by Crippen LogP contribution is 2.35. The molecule has 2 rings (SSSR count). The van der Waals surface area contributed by atoms with Crippen molar-refractivity contribution in [2.24, 2.45) is 0 Å². The fourth-order valence-electron chi connectivity index (χ4n) is 2.64. The number of amides is 1. The summed E-state index contributed by atoms with van der Waals surface area (Å²) in [5.41, 5.74) is 1.24. The summed E-state index contributed by atoms with van der Waals surface area (Å²) in [5.74, 6) is -1.29. The Morgan fingerprint density at radius 1 is 1.50 bits per heavy atom. The van der Waals surface area contributed by atoms with Gasteiger partial charge < -0.3 is 10.1 Å². The summed E-state index contributed by atoms with van der Waals surface area (Å²) in [6, 6.07) is 6.00. The highest BCUT2D eigenvalue weighted by molar-refractivity contribution is 5.95. The van der Waals surface area contributed by atoms with Crippen LogP contribution in [0.15, 0.2) is 35.5 Å². The Balaban J connectivity index is 2.43. The van der Waals surface area contributed by atoms with E-state index in [4.69, 9.17) is 4.74 Å². The van der Waals surface area contributed by atoms with Gasteiger partial charge in [-0.25, -0.2) is 4.79 Å². The third kappa shape index (κ3) is 3.79. The molecule has 0 unspecified atom stereocenters. The van der Waals surface area contributed by atoms with Crippen LogP contribution in [0.3, 0.4) is 0 Å². The molecule has 1 aromatic carbocycles. The number of nitrogens with one attached hydrogen (secondary N) is 1. The summed E-state index contributed by atoms with van der Waals surface area (Å²) in [4.78, 5) is 34.9. The van der Waals surface area contributed by atoms with Gasteiger partial charge in [0.15, 0.2) is 0 Å².